The minimum absolute atomic E-state index is 0.0426. The standard InChI is InChI=1S/C34H35ClFN3O4S/c1-3-25(2)37-34(41)32(22-26-10-6-4-7-11-26)38(23-27-14-18-29(36)19-15-27)33(40)24-39(30-12-8-5-9-13-30)44(42,43)31-20-16-28(35)17-21-31/h4-21,25,32H,3,22-24H2,1-2H3,(H,37,41). The molecule has 44 heavy (non-hydrogen) atoms. The molecule has 4 aromatic rings. The second-order valence-electron chi connectivity index (χ2n) is 10.5. The van der Waals surface area contributed by atoms with Crippen LogP contribution in [0.5, 0.6) is 0 Å². The predicted molar refractivity (Wildman–Crippen MR) is 171 cm³/mol. The van der Waals surface area contributed by atoms with E-state index >= 15 is 0 Å². The SMILES string of the molecule is CCC(C)NC(=O)C(Cc1ccccc1)N(Cc1ccc(F)cc1)C(=O)CN(c1ccccc1)S(=O)(=O)c1ccc(Cl)cc1. The largest absolute Gasteiger partial charge is 0.352 e. The molecule has 0 aliphatic carbocycles. The number of sulfonamides is 1. The highest BCUT2D eigenvalue weighted by molar-refractivity contribution is 7.92. The molecule has 0 saturated carbocycles. The summed E-state index contributed by atoms with van der Waals surface area (Å²) in [4.78, 5) is 29.5. The number of anilines is 1. The summed E-state index contributed by atoms with van der Waals surface area (Å²) >= 11 is 6.02. The predicted octanol–water partition coefficient (Wildman–Crippen LogP) is 6.23. The van der Waals surface area contributed by atoms with Crippen LogP contribution in [0, 0.1) is 5.82 Å². The number of rotatable bonds is 13. The third kappa shape index (κ3) is 8.45. The number of nitrogens with one attached hydrogen (secondary N) is 1. The van der Waals surface area contributed by atoms with Crippen LogP contribution < -0.4 is 9.62 Å². The van der Waals surface area contributed by atoms with Crippen molar-refractivity contribution >= 4 is 39.1 Å². The molecule has 0 bridgehead atoms. The Morgan fingerprint density at radius 1 is 0.841 bits per heavy atom. The van der Waals surface area contributed by atoms with Gasteiger partial charge in [0, 0.05) is 24.0 Å². The number of halogens is 2. The van der Waals surface area contributed by atoms with Crippen LogP contribution in [0.25, 0.3) is 0 Å². The molecule has 10 heteroatoms. The highest BCUT2D eigenvalue weighted by atomic mass is 35.5. The number of amides is 2. The van der Waals surface area contributed by atoms with Crippen molar-refractivity contribution in [2.45, 2.75) is 50.2 Å². The molecule has 0 spiro atoms. The fraction of sp³-hybridized carbons (Fsp3) is 0.235. The Balaban J connectivity index is 1.78. The minimum atomic E-state index is -4.23. The van der Waals surface area contributed by atoms with Gasteiger partial charge in [0.1, 0.15) is 18.4 Å². The van der Waals surface area contributed by atoms with Crippen molar-refractivity contribution in [3.63, 3.8) is 0 Å². The van der Waals surface area contributed by atoms with Gasteiger partial charge in [-0.15, -0.1) is 0 Å². The van der Waals surface area contributed by atoms with E-state index in [4.69, 9.17) is 11.6 Å². The molecule has 230 valence electrons. The van der Waals surface area contributed by atoms with Gasteiger partial charge in [0.15, 0.2) is 0 Å². The van der Waals surface area contributed by atoms with E-state index in [9.17, 15) is 22.4 Å². The van der Waals surface area contributed by atoms with E-state index in [0.717, 1.165) is 9.87 Å². The Hall–Kier alpha value is -4.21. The second kappa shape index (κ2) is 15.0. The van der Waals surface area contributed by atoms with E-state index in [1.807, 2.05) is 44.2 Å². The first-order chi connectivity index (χ1) is 21.1. The summed E-state index contributed by atoms with van der Waals surface area (Å²) < 4.78 is 42.8. The van der Waals surface area contributed by atoms with Crippen LogP contribution in [0.1, 0.15) is 31.4 Å². The van der Waals surface area contributed by atoms with Crippen LogP contribution in [-0.2, 0) is 32.6 Å². The molecule has 7 nitrogen and oxygen atoms in total. The summed E-state index contributed by atoms with van der Waals surface area (Å²) in [5.41, 5.74) is 1.68. The average molecular weight is 636 g/mol. The van der Waals surface area contributed by atoms with Crippen LogP contribution in [0.2, 0.25) is 5.02 Å². The molecule has 1 N–H and O–H groups in total. The van der Waals surface area contributed by atoms with Gasteiger partial charge in [0.2, 0.25) is 11.8 Å². The quantitative estimate of drug-likeness (QED) is 0.189. The molecule has 0 fully saturated rings. The summed E-state index contributed by atoms with van der Waals surface area (Å²) in [7, 11) is -4.23. The minimum Gasteiger partial charge on any atom is -0.352 e. The number of benzene rings is 4. The lowest BCUT2D eigenvalue weighted by Gasteiger charge is -2.34. The number of nitrogens with zero attached hydrogens (tertiary/aromatic N) is 2. The van der Waals surface area contributed by atoms with Crippen LogP contribution in [-0.4, -0.2) is 43.8 Å². The Morgan fingerprint density at radius 3 is 2.02 bits per heavy atom. The normalized spacial score (nSPS) is 12.6. The molecule has 0 aromatic heterocycles. The van der Waals surface area contributed by atoms with Gasteiger partial charge in [-0.25, -0.2) is 12.8 Å². The van der Waals surface area contributed by atoms with E-state index in [1.165, 1.54) is 41.3 Å². The van der Waals surface area contributed by atoms with Crippen molar-refractivity contribution in [3.8, 4) is 0 Å². The maximum absolute atomic E-state index is 14.4. The lowest BCUT2D eigenvalue weighted by molar-refractivity contribution is -0.140. The van der Waals surface area contributed by atoms with Crippen LogP contribution in [0.3, 0.4) is 0 Å². The number of carbonyl (C=O) groups excluding carboxylic acids is 2. The average Bonchev–Trinajstić information content (AvgIpc) is 3.03. The monoisotopic (exact) mass is 635 g/mol. The summed E-state index contributed by atoms with van der Waals surface area (Å²) in [6.07, 6.45) is 0.863. The Kier molecular flexibility index (Phi) is 11.1. The van der Waals surface area contributed by atoms with Crippen LogP contribution in [0.15, 0.2) is 114 Å². The lowest BCUT2D eigenvalue weighted by atomic mass is 10.0. The van der Waals surface area contributed by atoms with Crippen molar-refractivity contribution in [1.82, 2.24) is 10.2 Å². The number of para-hydroxylation sites is 1. The van der Waals surface area contributed by atoms with Gasteiger partial charge in [0.25, 0.3) is 10.0 Å². The van der Waals surface area contributed by atoms with Gasteiger partial charge in [-0.2, -0.15) is 0 Å². The third-order valence-corrected chi connectivity index (χ3v) is 9.30. The molecular weight excluding hydrogens is 601 g/mol. The Morgan fingerprint density at radius 2 is 1.43 bits per heavy atom. The van der Waals surface area contributed by atoms with Crippen molar-refractivity contribution in [2.24, 2.45) is 0 Å². The maximum atomic E-state index is 14.4. The molecule has 4 rings (SSSR count). The van der Waals surface area contributed by atoms with E-state index in [-0.39, 0.29) is 35.5 Å². The van der Waals surface area contributed by atoms with Crippen molar-refractivity contribution in [2.75, 3.05) is 10.8 Å². The van der Waals surface area contributed by atoms with Crippen molar-refractivity contribution in [3.05, 3.63) is 131 Å². The number of carbonyl (C=O) groups is 2. The topological polar surface area (TPSA) is 86.8 Å². The molecule has 0 heterocycles. The fourth-order valence-electron chi connectivity index (χ4n) is 4.64. The summed E-state index contributed by atoms with van der Waals surface area (Å²) in [5.74, 6) is -1.41. The molecular formula is C34H35ClFN3O4S. The summed E-state index contributed by atoms with van der Waals surface area (Å²) in [6, 6.07) is 27.8. The first-order valence-corrected chi connectivity index (χ1v) is 16.1. The zero-order valence-electron chi connectivity index (χ0n) is 24.6. The van der Waals surface area contributed by atoms with Gasteiger partial charge in [-0.05, 0) is 73.0 Å². The van der Waals surface area contributed by atoms with Crippen LogP contribution in [0.4, 0.5) is 10.1 Å². The molecule has 4 aromatic carbocycles. The van der Waals surface area contributed by atoms with E-state index in [2.05, 4.69) is 5.32 Å². The van der Waals surface area contributed by atoms with Crippen molar-refractivity contribution in [1.29, 1.82) is 0 Å². The lowest BCUT2D eigenvalue weighted by Crippen LogP contribution is -2.54. The van der Waals surface area contributed by atoms with Gasteiger partial charge in [-0.1, -0.05) is 79.2 Å². The Bertz CT molecular complexity index is 1640. The third-order valence-electron chi connectivity index (χ3n) is 7.26. The van der Waals surface area contributed by atoms with Gasteiger partial charge < -0.3 is 10.2 Å². The van der Waals surface area contributed by atoms with Gasteiger partial charge >= 0.3 is 0 Å². The molecule has 0 aliphatic rings. The van der Waals surface area contributed by atoms with E-state index in [1.54, 1.807) is 42.5 Å². The highest BCUT2D eigenvalue weighted by Gasteiger charge is 2.35. The fourth-order valence-corrected chi connectivity index (χ4v) is 6.18. The summed E-state index contributed by atoms with van der Waals surface area (Å²) in [6.45, 7) is 3.18. The molecule has 2 atom stereocenters. The first kappa shape index (κ1) is 32.7. The van der Waals surface area contributed by atoms with E-state index in [0.29, 0.717) is 17.0 Å². The Labute approximate surface area is 263 Å². The smallest absolute Gasteiger partial charge is 0.264 e. The number of hydrogen-bond acceptors (Lipinski definition) is 4. The maximum Gasteiger partial charge on any atom is 0.264 e. The van der Waals surface area contributed by atoms with Crippen LogP contribution >= 0.6 is 11.6 Å². The highest BCUT2D eigenvalue weighted by Crippen LogP contribution is 2.26. The molecule has 0 aliphatic heterocycles. The second-order valence-corrected chi connectivity index (χ2v) is 12.8. The zero-order valence-corrected chi connectivity index (χ0v) is 26.1. The first-order valence-electron chi connectivity index (χ1n) is 14.3. The van der Waals surface area contributed by atoms with Crippen molar-refractivity contribution < 1.29 is 22.4 Å². The number of hydrogen-bond donors (Lipinski definition) is 1. The molecule has 2 amide bonds. The summed E-state index contributed by atoms with van der Waals surface area (Å²) in [5, 5.41) is 3.36. The zero-order chi connectivity index (χ0) is 31.7. The van der Waals surface area contributed by atoms with Gasteiger partial charge in [-0.3, -0.25) is 13.9 Å². The molecule has 2 unspecified atom stereocenters. The van der Waals surface area contributed by atoms with Gasteiger partial charge in [0.05, 0.1) is 10.6 Å². The van der Waals surface area contributed by atoms with E-state index < -0.39 is 34.3 Å². The molecule has 0 radical (unpaired) electrons. The molecule has 0 saturated heterocycles.